The fourth-order valence-corrected chi connectivity index (χ4v) is 2.43. The number of methoxy groups -OCH3 is 1. The quantitative estimate of drug-likeness (QED) is 0.824. The molecule has 1 aliphatic heterocycles. The summed E-state index contributed by atoms with van der Waals surface area (Å²) >= 11 is 0. The second kappa shape index (κ2) is 5.99. The van der Waals surface area contributed by atoms with Crippen molar-refractivity contribution >= 4 is 5.91 Å². The number of amides is 1. The number of carbonyl (C=O) groups is 1. The van der Waals surface area contributed by atoms with Gasteiger partial charge in [0.05, 0.1) is 17.9 Å². The lowest BCUT2D eigenvalue weighted by Crippen LogP contribution is -2.51. The van der Waals surface area contributed by atoms with Crippen LogP contribution >= 0.6 is 0 Å². The Balaban J connectivity index is 2.14. The fourth-order valence-electron chi connectivity index (χ4n) is 2.43. The number of nitrogens with two attached hydrogens (primary N) is 1. The molecule has 6 nitrogen and oxygen atoms in total. The van der Waals surface area contributed by atoms with E-state index in [9.17, 15) is 9.90 Å². The Kier molecular flexibility index (Phi) is 4.34. The van der Waals surface area contributed by atoms with Gasteiger partial charge in [-0.2, -0.15) is 0 Å². The number of pyridine rings is 1. The molecule has 6 heteroatoms. The zero-order chi connectivity index (χ0) is 13.8. The summed E-state index contributed by atoms with van der Waals surface area (Å²) in [6, 6.07) is 1.39. The van der Waals surface area contributed by atoms with E-state index in [-0.39, 0.29) is 23.8 Å². The van der Waals surface area contributed by atoms with Crippen molar-refractivity contribution in [1.82, 2.24) is 9.88 Å². The molecule has 0 aromatic carbocycles. The average molecular weight is 265 g/mol. The number of aromatic nitrogens is 1. The molecule has 0 saturated carbocycles. The van der Waals surface area contributed by atoms with Crippen LogP contribution in [-0.2, 0) is 4.74 Å². The predicted molar refractivity (Wildman–Crippen MR) is 69.8 cm³/mol. The molecule has 1 aromatic rings. The molecular formula is C13H19N3O3. The molecule has 1 amide bonds. The van der Waals surface area contributed by atoms with Crippen LogP contribution in [0.1, 0.15) is 23.2 Å². The molecule has 2 atom stereocenters. The highest BCUT2D eigenvalue weighted by Crippen LogP contribution is 2.22. The van der Waals surface area contributed by atoms with Crippen molar-refractivity contribution in [2.45, 2.75) is 25.0 Å². The van der Waals surface area contributed by atoms with E-state index in [1.54, 1.807) is 12.0 Å². The molecular weight excluding hydrogens is 246 g/mol. The molecule has 1 fully saturated rings. The third-order valence-electron chi connectivity index (χ3n) is 3.50. The molecule has 0 radical (unpaired) electrons. The summed E-state index contributed by atoms with van der Waals surface area (Å²) in [5.41, 5.74) is 6.13. The van der Waals surface area contributed by atoms with Gasteiger partial charge in [0.2, 0.25) is 0 Å². The van der Waals surface area contributed by atoms with Crippen LogP contribution in [0.3, 0.4) is 0 Å². The molecule has 1 aliphatic rings. The highest BCUT2D eigenvalue weighted by atomic mass is 16.5. The maximum atomic E-state index is 12.4. The smallest absolute Gasteiger partial charge is 0.255 e. The van der Waals surface area contributed by atoms with E-state index < -0.39 is 0 Å². The van der Waals surface area contributed by atoms with Crippen molar-refractivity contribution in [2.75, 3.05) is 20.2 Å². The molecule has 1 saturated heterocycles. The Morgan fingerprint density at radius 2 is 2.42 bits per heavy atom. The Morgan fingerprint density at radius 3 is 3.05 bits per heavy atom. The number of ether oxygens (including phenoxy) is 1. The van der Waals surface area contributed by atoms with E-state index in [2.05, 4.69) is 4.98 Å². The van der Waals surface area contributed by atoms with Crippen LogP contribution in [0.4, 0.5) is 0 Å². The molecule has 19 heavy (non-hydrogen) atoms. The van der Waals surface area contributed by atoms with Gasteiger partial charge >= 0.3 is 0 Å². The average Bonchev–Trinajstić information content (AvgIpc) is 2.45. The van der Waals surface area contributed by atoms with Crippen molar-refractivity contribution in [3.8, 4) is 5.75 Å². The van der Waals surface area contributed by atoms with E-state index in [1.807, 2.05) is 0 Å². The third kappa shape index (κ3) is 3.02. The number of likely N-dealkylation sites (tertiary alicyclic amines) is 1. The largest absolute Gasteiger partial charge is 0.506 e. The lowest BCUT2D eigenvalue weighted by atomic mass is 9.98. The van der Waals surface area contributed by atoms with Crippen LogP contribution in [0.15, 0.2) is 18.5 Å². The molecule has 104 valence electrons. The van der Waals surface area contributed by atoms with Gasteiger partial charge in [0, 0.05) is 32.4 Å². The molecule has 0 bridgehead atoms. The van der Waals surface area contributed by atoms with Crippen molar-refractivity contribution in [2.24, 2.45) is 5.73 Å². The van der Waals surface area contributed by atoms with Gasteiger partial charge in [-0.15, -0.1) is 0 Å². The van der Waals surface area contributed by atoms with E-state index >= 15 is 0 Å². The standard InChI is InChI=1S/C13H19N3O3/c1-19-12-2-3-16(10(5-12)6-14)13(18)9-4-11(17)8-15-7-9/h4,7-8,10,12,17H,2-3,5-6,14H2,1H3. The molecule has 2 rings (SSSR count). The van der Waals surface area contributed by atoms with Gasteiger partial charge in [-0.05, 0) is 18.9 Å². The Morgan fingerprint density at radius 1 is 1.63 bits per heavy atom. The van der Waals surface area contributed by atoms with Crippen LogP contribution in [0.2, 0.25) is 0 Å². The first-order chi connectivity index (χ1) is 9.15. The number of carbonyl (C=O) groups excluding carboxylic acids is 1. The van der Waals surface area contributed by atoms with Crippen LogP contribution < -0.4 is 5.73 Å². The van der Waals surface area contributed by atoms with Crippen molar-refractivity contribution in [1.29, 1.82) is 0 Å². The maximum Gasteiger partial charge on any atom is 0.255 e. The summed E-state index contributed by atoms with van der Waals surface area (Å²) in [6.45, 7) is 1.01. The third-order valence-corrected chi connectivity index (χ3v) is 3.50. The van der Waals surface area contributed by atoms with Gasteiger partial charge in [0.1, 0.15) is 5.75 Å². The normalized spacial score (nSPS) is 23.4. The number of hydrogen-bond donors (Lipinski definition) is 2. The van der Waals surface area contributed by atoms with E-state index in [1.165, 1.54) is 18.5 Å². The first-order valence-corrected chi connectivity index (χ1v) is 6.33. The van der Waals surface area contributed by atoms with Crippen molar-refractivity contribution < 1.29 is 14.6 Å². The first-order valence-electron chi connectivity index (χ1n) is 6.33. The molecule has 0 spiro atoms. The van der Waals surface area contributed by atoms with Crippen LogP contribution in [0.5, 0.6) is 5.75 Å². The number of rotatable bonds is 3. The van der Waals surface area contributed by atoms with Gasteiger partial charge in [-0.3, -0.25) is 9.78 Å². The molecule has 1 aromatic heterocycles. The second-order valence-corrected chi connectivity index (χ2v) is 4.70. The highest BCUT2D eigenvalue weighted by Gasteiger charge is 2.31. The summed E-state index contributed by atoms with van der Waals surface area (Å²) in [4.78, 5) is 18.0. The van der Waals surface area contributed by atoms with Gasteiger partial charge in [-0.1, -0.05) is 0 Å². The first kappa shape index (κ1) is 13.8. The molecule has 0 aliphatic carbocycles. The van der Waals surface area contributed by atoms with Gasteiger partial charge in [0.15, 0.2) is 0 Å². The van der Waals surface area contributed by atoms with Gasteiger partial charge in [-0.25, -0.2) is 0 Å². The number of aromatic hydroxyl groups is 1. The minimum absolute atomic E-state index is 0.0121. The summed E-state index contributed by atoms with van der Waals surface area (Å²) in [5, 5.41) is 9.39. The predicted octanol–water partition coefficient (Wildman–Crippen LogP) is 0.366. The number of piperidine rings is 1. The summed E-state index contributed by atoms with van der Waals surface area (Å²) in [5.74, 6) is -0.157. The molecule has 2 heterocycles. The number of nitrogens with zero attached hydrogens (tertiary/aromatic N) is 2. The lowest BCUT2D eigenvalue weighted by molar-refractivity contribution is 0.0138. The maximum absolute atomic E-state index is 12.4. The minimum Gasteiger partial charge on any atom is -0.506 e. The summed E-state index contributed by atoms with van der Waals surface area (Å²) in [7, 11) is 1.68. The summed E-state index contributed by atoms with van der Waals surface area (Å²) < 4.78 is 5.33. The lowest BCUT2D eigenvalue weighted by Gasteiger charge is -2.38. The second-order valence-electron chi connectivity index (χ2n) is 4.70. The Labute approximate surface area is 112 Å². The van der Waals surface area contributed by atoms with E-state index in [4.69, 9.17) is 10.5 Å². The monoisotopic (exact) mass is 265 g/mol. The van der Waals surface area contributed by atoms with Crippen molar-refractivity contribution in [3.63, 3.8) is 0 Å². The SMILES string of the molecule is COC1CCN(C(=O)c2cncc(O)c2)C(CN)C1. The zero-order valence-corrected chi connectivity index (χ0v) is 11.0. The minimum atomic E-state index is -0.145. The van der Waals surface area contributed by atoms with Crippen LogP contribution in [-0.4, -0.2) is 53.2 Å². The van der Waals surface area contributed by atoms with Gasteiger partial charge in [0.25, 0.3) is 5.91 Å². The number of hydrogen-bond acceptors (Lipinski definition) is 5. The van der Waals surface area contributed by atoms with Gasteiger partial charge < -0.3 is 20.5 Å². The Bertz CT molecular complexity index is 453. The fraction of sp³-hybridized carbons (Fsp3) is 0.538. The summed E-state index contributed by atoms with van der Waals surface area (Å²) in [6.07, 6.45) is 4.45. The molecule has 2 unspecified atom stereocenters. The Hall–Kier alpha value is -1.66. The van der Waals surface area contributed by atoms with Crippen LogP contribution in [0.25, 0.3) is 0 Å². The highest BCUT2D eigenvalue weighted by molar-refractivity contribution is 5.94. The van der Waals surface area contributed by atoms with E-state index in [0.29, 0.717) is 18.7 Å². The topological polar surface area (TPSA) is 88.7 Å². The van der Waals surface area contributed by atoms with Crippen molar-refractivity contribution in [3.05, 3.63) is 24.0 Å². The zero-order valence-electron chi connectivity index (χ0n) is 11.0. The van der Waals surface area contributed by atoms with E-state index in [0.717, 1.165) is 12.8 Å². The molecule has 3 N–H and O–H groups in total. The van der Waals surface area contributed by atoms with Crippen LogP contribution in [0, 0.1) is 0 Å².